The average Bonchev–Trinajstić information content (AvgIpc) is 3.03. The molecule has 4 aromatic rings. The van der Waals surface area contributed by atoms with Crippen molar-refractivity contribution in [3.8, 4) is 11.5 Å². The van der Waals surface area contributed by atoms with E-state index in [4.69, 9.17) is 4.74 Å². The number of ether oxygens (including phenoxy) is 1. The Morgan fingerprint density at radius 2 is 1.78 bits per heavy atom. The first-order valence-corrected chi connectivity index (χ1v) is 9.00. The lowest BCUT2D eigenvalue weighted by Gasteiger charge is -2.14. The third-order valence-corrected chi connectivity index (χ3v) is 4.67. The topological polar surface area (TPSA) is 77.5 Å². The Labute approximate surface area is 157 Å². The third-order valence-electron chi connectivity index (χ3n) is 4.67. The van der Waals surface area contributed by atoms with Crippen molar-refractivity contribution in [1.82, 2.24) is 4.98 Å². The molecule has 5 nitrogen and oxygen atoms in total. The van der Waals surface area contributed by atoms with Crippen LogP contribution < -0.4 is 10.1 Å². The van der Waals surface area contributed by atoms with E-state index in [0.717, 1.165) is 33.1 Å². The Morgan fingerprint density at radius 3 is 2.63 bits per heavy atom. The zero-order chi connectivity index (χ0) is 18.8. The van der Waals surface area contributed by atoms with Crippen LogP contribution in [0.1, 0.15) is 18.6 Å². The molecule has 0 spiro atoms. The molecular weight excluding hydrogens is 340 g/mol. The van der Waals surface area contributed by atoms with Crippen molar-refractivity contribution in [2.24, 2.45) is 0 Å². The highest BCUT2D eigenvalue weighted by Gasteiger charge is 2.10. The number of hydrogen-bond acceptors (Lipinski definition) is 4. The highest BCUT2D eigenvalue weighted by molar-refractivity contribution is 6.08. The number of benzene rings is 3. The van der Waals surface area contributed by atoms with Crippen molar-refractivity contribution in [1.29, 1.82) is 0 Å². The van der Waals surface area contributed by atoms with E-state index in [1.807, 2.05) is 54.6 Å². The first-order valence-electron chi connectivity index (χ1n) is 9.00. The summed E-state index contributed by atoms with van der Waals surface area (Å²) in [4.78, 5) is 3.35. The number of anilines is 1. The summed E-state index contributed by atoms with van der Waals surface area (Å²) in [5, 5.41) is 25.5. The van der Waals surface area contributed by atoms with E-state index in [2.05, 4.69) is 10.3 Å². The molecule has 0 bridgehead atoms. The minimum atomic E-state index is -0.539. The maximum atomic E-state index is 10.3. The normalized spacial score (nSPS) is 12.4. The van der Waals surface area contributed by atoms with E-state index < -0.39 is 6.10 Å². The number of aliphatic hydroxyl groups excluding tert-OH is 1. The Kier molecular flexibility index (Phi) is 4.60. The minimum absolute atomic E-state index is 0.122. The highest BCUT2D eigenvalue weighted by atomic mass is 16.5. The molecular formula is C22H22N2O3. The van der Waals surface area contributed by atoms with Crippen LogP contribution in [0.5, 0.6) is 11.5 Å². The number of para-hydroxylation sites is 2. The van der Waals surface area contributed by atoms with Crippen molar-refractivity contribution >= 4 is 27.5 Å². The summed E-state index contributed by atoms with van der Waals surface area (Å²) < 4.78 is 5.77. The van der Waals surface area contributed by atoms with Gasteiger partial charge in [0.25, 0.3) is 0 Å². The number of aliphatic hydroxyl groups is 1. The molecule has 138 valence electrons. The molecule has 1 heterocycles. The van der Waals surface area contributed by atoms with Crippen LogP contribution in [0.15, 0.2) is 60.7 Å². The standard InChI is InChI=1S/C22H22N2O3/c1-14(25)15-6-2-4-8-18(15)23-10-11-27-22-13-20-17(12-21(22)26)16-7-3-5-9-19(16)24-20/h2-9,12-14,23-26H,10-11H2,1H3. The van der Waals surface area contributed by atoms with E-state index in [0.29, 0.717) is 18.9 Å². The van der Waals surface area contributed by atoms with Gasteiger partial charge in [0, 0.05) is 40.2 Å². The largest absolute Gasteiger partial charge is 0.504 e. The molecule has 0 radical (unpaired) electrons. The number of hydrogen-bond donors (Lipinski definition) is 4. The molecule has 5 heteroatoms. The number of H-pyrrole nitrogens is 1. The fraction of sp³-hybridized carbons (Fsp3) is 0.182. The predicted octanol–water partition coefficient (Wildman–Crippen LogP) is 4.57. The molecule has 1 aromatic heterocycles. The number of phenols is 1. The van der Waals surface area contributed by atoms with E-state index in [1.54, 1.807) is 13.0 Å². The fourth-order valence-electron chi connectivity index (χ4n) is 3.35. The second-order valence-corrected chi connectivity index (χ2v) is 6.57. The SMILES string of the molecule is CC(O)c1ccccc1NCCOc1cc2[nH]c3ccccc3c2cc1O. The number of phenolic OH excluding ortho intramolecular Hbond substituents is 1. The summed E-state index contributed by atoms with van der Waals surface area (Å²) >= 11 is 0. The number of aromatic hydroxyl groups is 1. The summed E-state index contributed by atoms with van der Waals surface area (Å²) in [6, 6.07) is 19.2. The predicted molar refractivity (Wildman–Crippen MR) is 109 cm³/mol. The Bertz CT molecular complexity index is 1090. The van der Waals surface area contributed by atoms with Gasteiger partial charge in [-0.1, -0.05) is 36.4 Å². The monoisotopic (exact) mass is 362 g/mol. The van der Waals surface area contributed by atoms with Crippen LogP contribution in [0.4, 0.5) is 5.69 Å². The molecule has 3 aromatic carbocycles. The van der Waals surface area contributed by atoms with E-state index in [-0.39, 0.29) is 5.75 Å². The lowest BCUT2D eigenvalue weighted by molar-refractivity contribution is 0.200. The maximum absolute atomic E-state index is 10.3. The van der Waals surface area contributed by atoms with Gasteiger partial charge in [-0.25, -0.2) is 0 Å². The van der Waals surface area contributed by atoms with Gasteiger partial charge >= 0.3 is 0 Å². The molecule has 4 rings (SSSR count). The van der Waals surface area contributed by atoms with Gasteiger partial charge in [0.15, 0.2) is 11.5 Å². The molecule has 0 aliphatic heterocycles. The molecule has 1 unspecified atom stereocenters. The molecule has 0 saturated heterocycles. The van der Waals surface area contributed by atoms with Gasteiger partial charge in [0.1, 0.15) is 6.61 Å². The summed E-state index contributed by atoms with van der Waals surface area (Å²) in [6.45, 7) is 2.67. The van der Waals surface area contributed by atoms with Crippen LogP contribution in [0, 0.1) is 0 Å². The fourth-order valence-corrected chi connectivity index (χ4v) is 3.35. The quantitative estimate of drug-likeness (QED) is 0.379. The van der Waals surface area contributed by atoms with E-state index in [1.165, 1.54) is 0 Å². The number of aromatic nitrogens is 1. The molecule has 1 atom stereocenters. The van der Waals surface area contributed by atoms with Gasteiger partial charge in [-0.3, -0.25) is 0 Å². The molecule has 0 aliphatic rings. The van der Waals surface area contributed by atoms with Crippen LogP contribution in [0.2, 0.25) is 0 Å². The Morgan fingerprint density at radius 1 is 1.00 bits per heavy atom. The first-order chi connectivity index (χ1) is 13.1. The summed E-state index contributed by atoms with van der Waals surface area (Å²) in [6.07, 6.45) is -0.539. The van der Waals surface area contributed by atoms with Crippen molar-refractivity contribution in [2.45, 2.75) is 13.0 Å². The molecule has 27 heavy (non-hydrogen) atoms. The smallest absolute Gasteiger partial charge is 0.163 e. The van der Waals surface area contributed by atoms with Crippen LogP contribution in [0.25, 0.3) is 21.8 Å². The van der Waals surface area contributed by atoms with Gasteiger partial charge in [-0.05, 0) is 25.1 Å². The molecule has 4 N–H and O–H groups in total. The van der Waals surface area contributed by atoms with Crippen LogP contribution in [-0.2, 0) is 0 Å². The number of aromatic amines is 1. The van der Waals surface area contributed by atoms with Gasteiger partial charge < -0.3 is 25.3 Å². The lowest BCUT2D eigenvalue weighted by atomic mass is 10.1. The lowest BCUT2D eigenvalue weighted by Crippen LogP contribution is -2.13. The first kappa shape index (κ1) is 17.2. The number of nitrogens with one attached hydrogen (secondary N) is 2. The maximum Gasteiger partial charge on any atom is 0.163 e. The molecule has 0 saturated carbocycles. The second kappa shape index (κ2) is 7.21. The van der Waals surface area contributed by atoms with Crippen LogP contribution in [-0.4, -0.2) is 28.3 Å². The van der Waals surface area contributed by atoms with E-state index in [9.17, 15) is 10.2 Å². The Balaban J connectivity index is 1.46. The molecule has 0 fully saturated rings. The van der Waals surface area contributed by atoms with Crippen molar-refractivity contribution < 1.29 is 14.9 Å². The zero-order valence-corrected chi connectivity index (χ0v) is 15.1. The van der Waals surface area contributed by atoms with Crippen molar-refractivity contribution in [3.63, 3.8) is 0 Å². The van der Waals surface area contributed by atoms with Gasteiger partial charge in [-0.15, -0.1) is 0 Å². The summed E-state index contributed by atoms with van der Waals surface area (Å²) in [5.41, 5.74) is 3.68. The van der Waals surface area contributed by atoms with Crippen molar-refractivity contribution in [3.05, 3.63) is 66.2 Å². The third kappa shape index (κ3) is 3.41. The van der Waals surface area contributed by atoms with Crippen LogP contribution in [0.3, 0.4) is 0 Å². The number of rotatable bonds is 6. The average molecular weight is 362 g/mol. The van der Waals surface area contributed by atoms with Gasteiger partial charge in [0.2, 0.25) is 0 Å². The van der Waals surface area contributed by atoms with E-state index >= 15 is 0 Å². The molecule has 0 aliphatic carbocycles. The zero-order valence-electron chi connectivity index (χ0n) is 15.1. The number of fused-ring (bicyclic) bond motifs is 3. The summed E-state index contributed by atoms with van der Waals surface area (Å²) in [7, 11) is 0. The summed E-state index contributed by atoms with van der Waals surface area (Å²) in [5.74, 6) is 0.566. The highest BCUT2D eigenvalue weighted by Crippen LogP contribution is 2.35. The molecule has 0 amide bonds. The van der Waals surface area contributed by atoms with Gasteiger partial charge in [-0.2, -0.15) is 0 Å². The second-order valence-electron chi connectivity index (χ2n) is 6.57. The van der Waals surface area contributed by atoms with Crippen molar-refractivity contribution in [2.75, 3.05) is 18.5 Å². The van der Waals surface area contributed by atoms with Gasteiger partial charge in [0.05, 0.1) is 11.6 Å². The Hall–Kier alpha value is -3.18. The minimum Gasteiger partial charge on any atom is -0.504 e. The van der Waals surface area contributed by atoms with Crippen LogP contribution >= 0.6 is 0 Å².